The zero-order valence-electron chi connectivity index (χ0n) is 15.5. The summed E-state index contributed by atoms with van der Waals surface area (Å²) in [5.74, 6) is -0.115. The molecular weight excluding hydrogens is 354 g/mol. The highest BCUT2D eigenvalue weighted by Gasteiger charge is 2.08. The third-order valence-electron chi connectivity index (χ3n) is 4.74. The number of para-hydroxylation sites is 1. The standard InChI is InChI=1S/C21H21N5O2/c1-15-12-17-4-2-3-5-20(17)25(15)11-10-22-21(28)16-6-8-19(9-7-16)26-13-18(14-27)23-24-26/h2-9,12-13,27H,10-11,14H2,1H3,(H,22,28). The molecule has 2 aromatic heterocycles. The number of carbonyl (C=O) groups is 1. The Morgan fingerprint density at radius 2 is 1.93 bits per heavy atom. The van der Waals surface area contributed by atoms with Crippen molar-refractivity contribution in [2.75, 3.05) is 6.54 Å². The first kappa shape index (κ1) is 17.9. The van der Waals surface area contributed by atoms with Crippen LogP contribution in [0.3, 0.4) is 0 Å². The molecule has 1 amide bonds. The number of amides is 1. The van der Waals surface area contributed by atoms with Crippen molar-refractivity contribution in [2.24, 2.45) is 0 Å². The average Bonchev–Trinajstić information content (AvgIpc) is 3.32. The van der Waals surface area contributed by atoms with Gasteiger partial charge in [-0.2, -0.15) is 0 Å². The summed E-state index contributed by atoms with van der Waals surface area (Å²) in [6, 6.07) is 17.5. The van der Waals surface area contributed by atoms with E-state index in [2.05, 4.69) is 45.3 Å². The molecule has 0 unspecified atom stereocenters. The maximum Gasteiger partial charge on any atom is 0.251 e. The van der Waals surface area contributed by atoms with Gasteiger partial charge in [0.2, 0.25) is 0 Å². The van der Waals surface area contributed by atoms with Gasteiger partial charge >= 0.3 is 0 Å². The average molecular weight is 375 g/mol. The Bertz CT molecular complexity index is 1110. The summed E-state index contributed by atoms with van der Waals surface area (Å²) in [4.78, 5) is 12.4. The second kappa shape index (κ2) is 7.66. The Hall–Kier alpha value is -3.45. The van der Waals surface area contributed by atoms with E-state index in [0.717, 1.165) is 5.69 Å². The first-order valence-electron chi connectivity index (χ1n) is 9.11. The monoisotopic (exact) mass is 375 g/mol. The van der Waals surface area contributed by atoms with Crippen LogP contribution in [-0.2, 0) is 13.2 Å². The molecule has 0 atom stereocenters. The molecule has 0 fully saturated rings. The highest BCUT2D eigenvalue weighted by Crippen LogP contribution is 2.18. The van der Waals surface area contributed by atoms with E-state index in [4.69, 9.17) is 5.11 Å². The smallest absolute Gasteiger partial charge is 0.251 e. The molecule has 0 aliphatic rings. The van der Waals surface area contributed by atoms with E-state index in [1.807, 2.05) is 12.1 Å². The first-order chi connectivity index (χ1) is 13.7. The molecule has 4 rings (SSSR count). The van der Waals surface area contributed by atoms with Gasteiger partial charge in [0.25, 0.3) is 5.91 Å². The lowest BCUT2D eigenvalue weighted by atomic mass is 10.2. The molecule has 0 saturated heterocycles. The van der Waals surface area contributed by atoms with E-state index in [-0.39, 0.29) is 12.5 Å². The molecule has 0 bridgehead atoms. The number of aryl methyl sites for hydroxylation is 1. The second-order valence-corrected chi connectivity index (χ2v) is 6.61. The molecule has 0 spiro atoms. The summed E-state index contributed by atoms with van der Waals surface area (Å²) in [5, 5.41) is 21.0. The lowest BCUT2D eigenvalue weighted by molar-refractivity contribution is 0.0952. The molecule has 0 aliphatic carbocycles. The van der Waals surface area contributed by atoms with Crippen LogP contribution in [0.1, 0.15) is 21.7 Å². The zero-order valence-corrected chi connectivity index (χ0v) is 15.5. The lowest BCUT2D eigenvalue weighted by Crippen LogP contribution is -2.27. The largest absolute Gasteiger partial charge is 0.390 e. The van der Waals surface area contributed by atoms with Gasteiger partial charge < -0.3 is 15.0 Å². The molecule has 2 aromatic carbocycles. The predicted molar refractivity (Wildman–Crippen MR) is 106 cm³/mol. The number of benzene rings is 2. The number of rotatable bonds is 6. The zero-order chi connectivity index (χ0) is 19.5. The normalized spacial score (nSPS) is 11.1. The third kappa shape index (κ3) is 3.52. The van der Waals surface area contributed by atoms with Crippen molar-refractivity contribution in [3.63, 3.8) is 0 Å². The van der Waals surface area contributed by atoms with Gasteiger partial charge in [-0.05, 0) is 48.7 Å². The van der Waals surface area contributed by atoms with E-state index >= 15 is 0 Å². The molecule has 2 N–H and O–H groups in total. The van der Waals surface area contributed by atoms with Gasteiger partial charge in [0.05, 0.1) is 18.5 Å². The van der Waals surface area contributed by atoms with Gasteiger partial charge in [0.15, 0.2) is 0 Å². The van der Waals surface area contributed by atoms with Crippen LogP contribution in [-0.4, -0.2) is 37.1 Å². The Kier molecular flexibility index (Phi) is 4.90. The van der Waals surface area contributed by atoms with E-state index in [1.165, 1.54) is 16.6 Å². The topological polar surface area (TPSA) is 85.0 Å². The van der Waals surface area contributed by atoms with Crippen LogP contribution >= 0.6 is 0 Å². The van der Waals surface area contributed by atoms with E-state index in [9.17, 15) is 4.79 Å². The molecule has 0 saturated carbocycles. The number of aromatic nitrogens is 4. The van der Waals surface area contributed by atoms with Crippen molar-refractivity contribution in [3.8, 4) is 5.69 Å². The minimum atomic E-state index is -0.156. The maximum atomic E-state index is 12.4. The maximum absolute atomic E-state index is 12.4. The van der Waals surface area contributed by atoms with Crippen molar-refractivity contribution in [2.45, 2.75) is 20.1 Å². The van der Waals surface area contributed by atoms with Gasteiger partial charge in [0, 0.05) is 29.9 Å². The number of fused-ring (bicyclic) bond motifs is 1. The molecular formula is C21H21N5O2. The molecule has 142 valence electrons. The Morgan fingerprint density at radius 3 is 2.68 bits per heavy atom. The van der Waals surface area contributed by atoms with Crippen molar-refractivity contribution in [3.05, 3.63) is 77.7 Å². The summed E-state index contributed by atoms with van der Waals surface area (Å²) in [5.41, 5.74) is 4.21. The number of nitrogens with zero attached hydrogens (tertiary/aromatic N) is 4. The number of hydrogen-bond acceptors (Lipinski definition) is 4. The summed E-state index contributed by atoms with van der Waals surface area (Å²) in [6.07, 6.45) is 1.65. The van der Waals surface area contributed by atoms with Crippen LogP contribution < -0.4 is 5.32 Å². The second-order valence-electron chi connectivity index (χ2n) is 6.61. The van der Waals surface area contributed by atoms with Crippen LogP contribution in [0.5, 0.6) is 0 Å². The molecule has 0 aliphatic heterocycles. The van der Waals surface area contributed by atoms with Gasteiger partial charge in [0.1, 0.15) is 5.69 Å². The highest BCUT2D eigenvalue weighted by molar-refractivity contribution is 5.94. The summed E-state index contributed by atoms with van der Waals surface area (Å²) in [6.45, 7) is 3.18. The number of hydrogen-bond donors (Lipinski definition) is 2. The minimum absolute atomic E-state index is 0.115. The van der Waals surface area contributed by atoms with Gasteiger partial charge in [-0.1, -0.05) is 23.4 Å². The number of carbonyl (C=O) groups excluding carboxylic acids is 1. The van der Waals surface area contributed by atoms with Crippen LogP contribution in [0.2, 0.25) is 0 Å². The lowest BCUT2D eigenvalue weighted by Gasteiger charge is -2.10. The molecule has 7 heteroatoms. The SMILES string of the molecule is Cc1cc2ccccc2n1CCNC(=O)c1ccc(-n2cc(CO)nn2)cc1. The van der Waals surface area contributed by atoms with Gasteiger partial charge in [-0.15, -0.1) is 5.10 Å². The predicted octanol–water partition coefficient (Wildman–Crippen LogP) is 2.45. The highest BCUT2D eigenvalue weighted by atomic mass is 16.3. The number of aliphatic hydroxyl groups excluding tert-OH is 1. The Morgan fingerprint density at radius 1 is 1.14 bits per heavy atom. The van der Waals surface area contributed by atoms with Crippen LogP contribution in [0.15, 0.2) is 60.8 Å². The van der Waals surface area contributed by atoms with Crippen LogP contribution in [0.4, 0.5) is 0 Å². The fourth-order valence-electron chi connectivity index (χ4n) is 3.29. The summed E-state index contributed by atoms with van der Waals surface area (Å²) < 4.78 is 3.77. The minimum Gasteiger partial charge on any atom is -0.390 e. The molecule has 0 radical (unpaired) electrons. The third-order valence-corrected chi connectivity index (χ3v) is 4.74. The van der Waals surface area contributed by atoms with Crippen molar-refractivity contribution >= 4 is 16.8 Å². The fourth-order valence-corrected chi connectivity index (χ4v) is 3.29. The summed E-state index contributed by atoms with van der Waals surface area (Å²) >= 11 is 0. The summed E-state index contributed by atoms with van der Waals surface area (Å²) in [7, 11) is 0. The molecule has 28 heavy (non-hydrogen) atoms. The van der Waals surface area contributed by atoms with Crippen molar-refractivity contribution in [1.29, 1.82) is 0 Å². The van der Waals surface area contributed by atoms with E-state index in [1.54, 1.807) is 35.1 Å². The molecule has 7 nitrogen and oxygen atoms in total. The Labute approximate surface area is 162 Å². The first-order valence-corrected chi connectivity index (χ1v) is 9.11. The van der Waals surface area contributed by atoms with Crippen LogP contribution in [0, 0.1) is 6.92 Å². The number of aliphatic hydroxyl groups is 1. The fraction of sp³-hybridized carbons (Fsp3) is 0.190. The van der Waals surface area contributed by atoms with Crippen LogP contribution in [0.25, 0.3) is 16.6 Å². The van der Waals surface area contributed by atoms with E-state index in [0.29, 0.717) is 24.3 Å². The van der Waals surface area contributed by atoms with Gasteiger partial charge in [-0.3, -0.25) is 4.79 Å². The van der Waals surface area contributed by atoms with Crippen molar-refractivity contribution < 1.29 is 9.90 Å². The molecule has 4 aromatic rings. The van der Waals surface area contributed by atoms with Crippen molar-refractivity contribution in [1.82, 2.24) is 24.9 Å². The van der Waals surface area contributed by atoms with E-state index < -0.39 is 0 Å². The molecule has 2 heterocycles. The van der Waals surface area contributed by atoms with Gasteiger partial charge in [-0.25, -0.2) is 4.68 Å². The number of nitrogens with one attached hydrogen (secondary N) is 1. The quantitative estimate of drug-likeness (QED) is 0.542. The Balaban J connectivity index is 1.39.